The molecule has 0 saturated heterocycles. The lowest BCUT2D eigenvalue weighted by Crippen LogP contribution is -2.47. The lowest BCUT2D eigenvalue weighted by atomic mass is 10.0. The van der Waals surface area contributed by atoms with Crippen molar-refractivity contribution in [2.45, 2.75) is 277 Å². The van der Waals surface area contributed by atoms with E-state index in [1.165, 1.54) is 96.3 Å². The van der Waals surface area contributed by atoms with E-state index < -0.39 is 20.0 Å². The maximum Gasteiger partial charge on any atom is 0.472 e. The summed E-state index contributed by atoms with van der Waals surface area (Å²) in [6.07, 6.45) is 75.5. The van der Waals surface area contributed by atoms with E-state index in [0.29, 0.717) is 17.4 Å². The molecule has 0 aliphatic carbocycles. The number of nitrogens with one attached hydrogen (secondary N) is 1. The van der Waals surface area contributed by atoms with E-state index in [1.807, 2.05) is 33.3 Å². The quantitative estimate of drug-likeness (QED) is 0.0205. The molecule has 0 aromatic rings. The summed E-state index contributed by atoms with van der Waals surface area (Å²) in [6, 6.07) is -0.867. The molecule has 77 heavy (non-hydrogen) atoms. The molecule has 444 valence electrons. The Morgan fingerprint density at radius 2 is 0.831 bits per heavy atom. The van der Waals surface area contributed by atoms with Crippen LogP contribution in [0.5, 0.6) is 0 Å². The normalized spacial score (nSPS) is 14.3. The van der Waals surface area contributed by atoms with Crippen molar-refractivity contribution in [3.8, 4) is 0 Å². The van der Waals surface area contributed by atoms with Crippen molar-refractivity contribution in [3.05, 3.63) is 97.2 Å². The van der Waals surface area contributed by atoms with Crippen LogP contribution in [0.15, 0.2) is 97.2 Å². The first-order valence-electron chi connectivity index (χ1n) is 31.6. The van der Waals surface area contributed by atoms with Crippen LogP contribution >= 0.6 is 7.82 Å². The lowest BCUT2D eigenvalue weighted by Gasteiger charge is -2.27. The summed E-state index contributed by atoms with van der Waals surface area (Å²) in [5.41, 5.74) is 0. The van der Waals surface area contributed by atoms with Crippen molar-refractivity contribution >= 4 is 19.7 Å². The van der Waals surface area contributed by atoms with Gasteiger partial charge in [-0.2, -0.15) is 0 Å². The van der Waals surface area contributed by atoms with Crippen LogP contribution < -0.4 is 5.32 Å². The highest BCUT2D eigenvalue weighted by molar-refractivity contribution is 7.47. The first-order valence-corrected chi connectivity index (χ1v) is 33.1. The number of likely N-dealkylation sites (N-methyl/N-ethyl adjacent to an activating group) is 1. The number of carbonyl (C=O) groups excluding carboxylic acids is 2. The molecule has 3 unspecified atom stereocenters. The van der Waals surface area contributed by atoms with Crippen molar-refractivity contribution in [2.75, 3.05) is 40.9 Å². The monoisotopic (exact) mass is 1100 g/mol. The van der Waals surface area contributed by atoms with Crippen LogP contribution in [-0.2, 0) is 27.9 Å². The molecule has 0 rings (SSSR count). The van der Waals surface area contributed by atoms with Gasteiger partial charge in [-0.1, -0.05) is 240 Å². The largest absolute Gasteiger partial charge is 0.472 e. The van der Waals surface area contributed by atoms with Crippen LogP contribution in [0.3, 0.4) is 0 Å². The Morgan fingerprint density at radius 3 is 1.27 bits per heavy atom. The maximum atomic E-state index is 13.5. The average molecular weight is 1100 g/mol. The minimum atomic E-state index is -4.46. The number of ether oxygens (including phenoxy) is 1. The van der Waals surface area contributed by atoms with E-state index in [0.717, 1.165) is 135 Å². The number of unbranched alkanes of at least 4 members (excludes halogenated alkanes) is 26. The minimum Gasteiger partial charge on any atom is -0.456 e. The molecule has 0 aromatic carbocycles. The number of esters is 1. The second-order valence-electron chi connectivity index (χ2n) is 22.2. The Morgan fingerprint density at radius 1 is 0.468 bits per heavy atom. The summed E-state index contributed by atoms with van der Waals surface area (Å²) in [6.45, 7) is 6.87. The number of hydrogen-bond acceptors (Lipinski definition) is 6. The molecule has 9 nitrogen and oxygen atoms in total. The minimum absolute atomic E-state index is 0.0310. The number of quaternary nitrogens is 1. The van der Waals surface area contributed by atoms with Gasteiger partial charge >= 0.3 is 13.8 Å². The van der Waals surface area contributed by atoms with Crippen LogP contribution in [0, 0.1) is 0 Å². The topological polar surface area (TPSA) is 111 Å². The number of nitrogens with zero attached hydrogens (tertiary/aromatic N) is 1. The molecule has 0 radical (unpaired) electrons. The summed E-state index contributed by atoms with van der Waals surface area (Å²) >= 11 is 0. The Labute approximate surface area is 475 Å². The summed E-state index contributed by atoms with van der Waals surface area (Å²) in [5, 5.41) is 3.04. The zero-order chi connectivity index (χ0) is 56.4. The Bertz CT molecular complexity index is 1640. The van der Waals surface area contributed by atoms with Crippen LogP contribution in [0.4, 0.5) is 0 Å². The summed E-state index contributed by atoms with van der Waals surface area (Å²) in [7, 11) is 1.47. The van der Waals surface area contributed by atoms with Gasteiger partial charge in [-0.15, -0.1) is 0 Å². The van der Waals surface area contributed by atoms with Gasteiger partial charge < -0.3 is 19.4 Å². The number of carbonyl (C=O) groups is 2. The molecular formula is C67H120N2O7P+. The van der Waals surface area contributed by atoms with Gasteiger partial charge in [0, 0.05) is 12.8 Å². The van der Waals surface area contributed by atoms with Crippen LogP contribution in [0.1, 0.15) is 265 Å². The first kappa shape index (κ1) is 73.9. The molecule has 1 amide bonds. The summed E-state index contributed by atoms with van der Waals surface area (Å²) in [5.74, 6) is -0.543. The van der Waals surface area contributed by atoms with Crippen molar-refractivity contribution in [2.24, 2.45) is 0 Å². The Balaban J connectivity index is 5.23. The van der Waals surface area contributed by atoms with E-state index in [9.17, 15) is 19.0 Å². The number of allylic oxidation sites excluding steroid dienone is 15. The molecule has 0 fully saturated rings. The number of amides is 1. The van der Waals surface area contributed by atoms with E-state index in [4.69, 9.17) is 13.8 Å². The van der Waals surface area contributed by atoms with Gasteiger partial charge in [-0.05, 0) is 109 Å². The highest BCUT2D eigenvalue weighted by Crippen LogP contribution is 2.43. The zero-order valence-corrected chi connectivity index (χ0v) is 51.6. The number of hydrogen-bond donors (Lipinski definition) is 2. The number of phosphoric ester groups is 1. The van der Waals surface area contributed by atoms with Crippen LogP contribution in [0.2, 0.25) is 0 Å². The SMILES string of the molecule is CC/C=C\C/C=C\C/C=C\C/C=C\C/C=C\C/C=C\CCCCCCCCC(=O)OC(/C=C\CCCCCCCCCCCC)C(COP(=O)(O)OCC[N+](C)(C)C)NC(=O)CCCCC/C=C\CCCCCCCCC. The maximum absolute atomic E-state index is 13.5. The van der Waals surface area contributed by atoms with Gasteiger partial charge in [-0.3, -0.25) is 18.6 Å². The zero-order valence-electron chi connectivity index (χ0n) is 50.7. The molecule has 3 atom stereocenters. The third-order valence-corrected chi connectivity index (χ3v) is 14.5. The molecule has 0 saturated carbocycles. The lowest BCUT2D eigenvalue weighted by molar-refractivity contribution is -0.870. The fraction of sp³-hybridized carbons (Fsp3) is 0.731. The second kappa shape index (κ2) is 56.2. The second-order valence-corrected chi connectivity index (χ2v) is 23.6. The molecule has 10 heteroatoms. The Hall–Kier alpha value is -3.07. The van der Waals surface area contributed by atoms with E-state index in [1.54, 1.807) is 0 Å². The van der Waals surface area contributed by atoms with Gasteiger partial charge in [0.15, 0.2) is 0 Å². The van der Waals surface area contributed by atoms with Gasteiger partial charge in [0.05, 0.1) is 33.8 Å². The summed E-state index contributed by atoms with van der Waals surface area (Å²) < 4.78 is 30.7. The van der Waals surface area contributed by atoms with Crippen molar-refractivity contribution < 1.29 is 37.3 Å². The fourth-order valence-electron chi connectivity index (χ4n) is 8.64. The molecule has 0 aliphatic heterocycles. The van der Waals surface area contributed by atoms with E-state index in [-0.39, 0.29) is 31.5 Å². The van der Waals surface area contributed by atoms with Crippen molar-refractivity contribution in [1.29, 1.82) is 0 Å². The van der Waals surface area contributed by atoms with Gasteiger partial charge in [-0.25, -0.2) is 4.57 Å². The van der Waals surface area contributed by atoms with Gasteiger partial charge in [0.2, 0.25) is 5.91 Å². The summed E-state index contributed by atoms with van der Waals surface area (Å²) in [4.78, 5) is 37.7. The van der Waals surface area contributed by atoms with Crippen LogP contribution in [0.25, 0.3) is 0 Å². The molecule has 0 spiro atoms. The molecular weight excluding hydrogens is 976 g/mol. The van der Waals surface area contributed by atoms with Gasteiger partial charge in [0.25, 0.3) is 0 Å². The first-order chi connectivity index (χ1) is 37.4. The fourth-order valence-corrected chi connectivity index (χ4v) is 9.38. The third-order valence-electron chi connectivity index (χ3n) is 13.5. The average Bonchev–Trinajstić information content (AvgIpc) is 3.39. The molecule has 0 bridgehead atoms. The third kappa shape index (κ3) is 57.4. The highest BCUT2D eigenvalue weighted by atomic mass is 31.2. The van der Waals surface area contributed by atoms with E-state index in [2.05, 4.69) is 111 Å². The highest BCUT2D eigenvalue weighted by Gasteiger charge is 2.30. The predicted octanol–water partition coefficient (Wildman–Crippen LogP) is 19.6. The Kier molecular flexibility index (Phi) is 54.0. The molecule has 0 aliphatic rings. The number of rotatable bonds is 56. The molecule has 2 N–H and O–H groups in total. The molecule has 0 aromatic heterocycles. The van der Waals surface area contributed by atoms with Crippen LogP contribution in [-0.4, -0.2) is 74.3 Å². The molecule has 0 heterocycles. The van der Waals surface area contributed by atoms with E-state index >= 15 is 0 Å². The van der Waals surface area contributed by atoms with Crippen molar-refractivity contribution in [3.63, 3.8) is 0 Å². The van der Waals surface area contributed by atoms with Gasteiger partial charge in [0.1, 0.15) is 19.3 Å². The number of phosphoric acid groups is 1. The predicted molar refractivity (Wildman–Crippen MR) is 332 cm³/mol. The van der Waals surface area contributed by atoms with Crippen molar-refractivity contribution in [1.82, 2.24) is 5.32 Å². The standard InChI is InChI=1S/C67H119N2O7P/c1-7-10-13-16-19-22-25-28-30-31-32-33-34-35-36-37-38-39-40-42-45-48-51-54-57-60-67(71)76-65(58-55-52-49-46-43-27-24-21-18-15-12-9-3)64(63-75-77(72,73)74-62-61-69(4,5)6)68-66(70)59-56-53-50-47-44-41-29-26-23-20-17-14-11-8-2/h10,13,19,22,28,30,32-33,35-36,38-39,41,44,55,58,64-65H,7-9,11-12,14-18,20-21,23-27,29,31,34,37,40,42-43,45-54,56-57,59-63H2,1-6H3,(H-,68,70,72,73)/p+1/b13-10-,22-19-,30-28-,33-32-,36-35-,39-38-,44-41-,58-55-. The smallest absolute Gasteiger partial charge is 0.456 e.